The van der Waals surface area contributed by atoms with E-state index in [0.29, 0.717) is 41.4 Å². The van der Waals surface area contributed by atoms with Crippen molar-refractivity contribution in [3.63, 3.8) is 0 Å². The Morgan fingerprint density at radius 2 is 1.95 bits per heavy atom. The molecule has 0 aliphatic carbocycles. The SMILES string of the molecule is CNCC(O)COc1cc(Cl)cc(-c2nc(CC3CCN(CC(C)F)CC3)c(C)c(-c3c(C)noc3C)n2)c1. The number of hydrogen-bond acceptors (Lipinski definition) is 8. The third kappa shape index (κ3) is 7.54. The summed E-state index contributed by atoms with van der Waals surface area (Å²) in [5.74, 6) is 2.22. The summed E-state index contributed by atoms with van der Waals surface area (Å²) in [6.07, 6.45) is 1.33. The number of likely N-dealkylation sites (N-methyl/N-ethyl adjacent to an activating group) is 1. The normalized spacial score (nSPS) is 16.4. The number of aliphatic hydroxyl groups is 1. The molecule has 212 valence electrons. The van der Waals surface area contributed by atoms with Crippen LogP contribution in [0.4, 0.5) is 4.39 Å². The highest BCUT2D eigenvalue weighted by Gasteiger charge is 2.25. The number of ether oxygens (including phenoxy) is 1. The van der Waals surface area contributed by atoms with E-state index in [0.717, 1.165) is 66.1 Å². The van der Waals surface area contributed by atoms with Crippen molar-refractivity contribution in [3.8, 4) is 28.4 Å². The summed E-state index contributed by atoms with van der Waals surface area (Å²) in [4.78, 5) is 12.2. The Hall–Kier alpha value is -2.59. The van der Waals surface area contributed by atoms with Crippen LogP contribution in [0.15, 0.2) is 22.7 Å². The van der Waals surface area contributed by atoms with Gasteiger partial charge in [0.05, 0.1) is 17.0 Å². The summed E-state index contributed by atoms with van der Waals surface area (Å²) in [5.41, 5.74) is 5.13. The first kappa shape index (κ1) is 29.4. The van der Waals surface area contributed by atoms with Gasteiger partial charge in [0.2, 0.25) is 0 Å². The van der Waals surface area contributed by atoms with Crippen molar-refractivity contribution in [1.82, 2.24) is 25.3 Å². The maximum Gasteiger partial charge on any atom is 0.160 e. The summed E-state index contributed by atoms with van der Waals surface area (Å²) in [5, 5.41) is 17.6. The first-order valence-corrected chi connectivity index (χ1v) is 14.0. The van der Waals surface area contributed by atoms with Crippen LogP contribution in [0.3, 0.4) is 0 Å². The van der Waals surface area contributed by atoms with Crippen LogP contribution >= 0.6 is 11.6 Å². The Morgan fingerprint density at radius 3 is 2.59 bits per heavy atom. The molecule has 0 spiro atoms. The lowest BCUT2D eigenvalue weighted by Gasteiger charge is -2.32. The monoisotopic (exact) mass is 559 g/mol. The van der Waals surface area contributed by atoms with Gasteiger partial charge in [-0.1, -0.05) is 16.8 Å². The summed E-state index contributed by atoms with van der Waals surface area (Å²) in [6.45, 7) is 10.3. The third-order valence-corrected chi connectivity index (χ3v) is 7.45. The number of nitrogens with one attached hydrogen (secondary N) is 1. The molecule has 4 rings (SSSR count). The second-order valence-electron chi connectivity index (χ2n) is 10.6. The van der Waals surface area contributed by atoms with Gasteiger partial charge in [-0.15, -0.1) is 0 Å². The van der Waals surface area contributed by atoms with Crippen LogP contribution < -0.4 is 10.1 Å². The second-order valence-corrected chi connectivity index (χ2v) is 11.0. The number of benzene rings is 1. The van der Waals surface area contributed by atoms with Gasteiger partial charge in [-0.3, -0.25) is 0 Å². The smallest absolute Gasteiger partial charge is 0.160 e. The number of nitrogens with zero attached hydrogens (tertiary/aromatic N) is 4. The molecule has 0 saturated carbocycles. The molecule has 0 radical (unpaired) electrons. The van der Waals surface area contributed by atoms with Crippen LogP contribution in [0.2, 0.25) is 5.02 Å². The molecule has 3 aromatic rings. The molecule has 2 atom stereocenters. The molecule has 0 amide bonds. The molecule has 2 N–H and O–H groups in total. The van der Waals surface area contributed by atoms with Gasteiger partial charge in [0.25, 0.3) is 0 Å². The summed E-state index contributed by atoms with van der Waals surface area (Å²) in [7, 11) is 1.78. The summed E-state index contributed by atoms with van der Waals surface area (Å²) >= 11 is 6.48. The number of rotatable bonds is 11. The lowest BCUT2D eigenvalue weighted by molar-refractivity contribution is 0.108. The zero-order valence-corrected chi connectivity index (χ0v) is 24.2. The van der Waals surface area contributed by atoms with Crippen molar-refractivity contribution >= 4 is 11.6 Å². The second kappa shape index (κ2) is 13.2. The van der Waals surface area contributed by atoms with E-state index in [2.05, 4.69) is 22.3 Å². The van der Waals surface area contributed by atoms with Gasteiger partial charge >= 0.3 is 0 Å². The van der Waals surface area contributed by atoms with E-state index in [1.165, 1.54) is 0 Å². The molecule has 1 saturated heterocycles. The van der Waals surface area contributed by atoms with E-state index in [1.807, 2.05) is 26.0 Å². The van der Waals surface area contributed by atoms with Gasteiger partial charge in [-0.2, -0.15) is 0 Å². The summed E-state index contributed by atoms with van der Waals surface area (Å²) < 4.78 is 24.8. The number of aromatic nitrogens is 3. The topological polar surface area (TPSA) is 96.5 Å². The fraction of sp³-hybridized carbons (Fsp3) is 0.552. The molecular formula is C29H39ClFN5O3. The standard InChI is InChI=1S/C29H39ClFN5O3/c1-17(31)15-36-8-6-21(7-9-36)10-26-18(2)28(27-19(3)35-39-20(27)4)34-29(33-26)22-11-23(30)13-25(12-22)38-16-24(37)14-32-5/h11-13,17,21,24,32,37H,6-10,14-16H2,1-5H3. The average Bonchev–Trinajstić information content (AvgIpc) is 3.22. The van der Waals surface area contributed by atoms with Crippen LogP contribution in [0, 0.1) is 26.7 Å². The van der Waals surface area contributed by atoms with Crippen LogP contribution in [-0.2, 0) is 6.42 Å². The molecule has 2 unspecified atom stereocenters. The fourth-order valence-corrected chi connectivity index (χ4v) is 5.44. The molecule has 1 aromatic carbocycles. The van der Waals surface area contributed by atoms with Gasteiger partial charge in [0, 0.05) is 29.4 Å². The van der Waals surface area contributed by atoms with Gasteiger partial charge in [-0.25, -0.2) is 14.4 Å². The molecular weight excluding hydrogens is 521 g/mol. The van der Waals surface area contributed by atoms with E-state index >= 15 is 0 Å². The Morgan fingerprint density at radius 1 is 1.21 bits per heavy atom. The minimum absolute atomic E-state index is 0.130. The number of halogens is 2. The van der Waals surface area contributed by atoms with Gasteiger partial charge in [0.15, 0.2) is 5.82 Å². The number of aryl methyl sites for hydroxylation is 2. The van der Waals surface area contributed by atoms with Crippen LogP contribution in [-0.4, -0.2) is 77.2 Å². The van der Waals surface area contributed by atoms with E-state index in [4.69, 9.17) is 30.8 Å². The first-order chi connectivity index (χ1) is 18.6. The number of aliphatic hydroxyl groups excluding tert-OH is 1. The third-order valence-electron chi connectivity index (χ3n) is 7.23. The molecule has 1 aliphatic heterocycles. The molecule has 0 bridgehead atoms. The Labute approximate surface area is 234 Å². The molecule has 3 heterocycles. The Balaban J connectivity index is 1.68. The maximum atomic E-state index is 13.5. The van der Waals surface area contributed by atoms with E-state index < -0.39 is 12.3 Å². The number of alkyl halides is 1. The van der Waals surface area contributed by atoms with Gasteiger partial charge in [0.1, 0.15) is 30.4 Å². The lowest BCUT2D eigenvalue weighted by atomic mass is 9.89. The zero-order chi connectivity index (χ0) is 28.1. The Bertz CT molecular complexity index is 1240. The zero-order valence-electron chi connectivity index (χ0n) is 23.4. The number of hydrogen-bond donors (Lipinski definition) is 2. The molecule has 10 heteroatoms. The fourth-order valence-electron chi connectivity index (χ4n) is 5.22. The van der Waals surface area contributed by atoms with Crippen molar-refractivity contribution in [2.75, 3.05) is 39.8 Å². The predicted molar refractivity (Wildman–Crippen MR) is 151 cm³/mol. The maximum absolute atomic E-state index is 13.5. The highest BCUT2D eigenvalue weighted by molar-refractivity contribution is 6.31. The van der Waals surface area contributed by atoms with Crippen molar-refractivity contribution in [3.05, 3.63) is 45.9 Å². The summed E-state index contributed by atoms with van der Waals surface area (Å²) in [6, 6.07) is 5.38. The first-order valence-electron chi connectivity index (χ1n) is 13.6. The van der Waals surface area contributed by atoms with E-state index in [-0.39, 0.29) is 6.61 Å². The molecule has 1 fully saturated rings. The van der Waals surface area contributed by atoms with Crippen LogP contribution in [0.5, 0.6) is 5.75 Å². The van der Waals surface area contributed by atoms with Gasteiger partial charge < -0.3 is 24.6 Å². The van der Waals surface area contributed by atoms with Crippen LogP contribution in [0.25, 0.3) is 22.6 Å². The Kier molecular flexibility index (Phi) is 9.93. The minimum Gasteiger partial charge on any atom is -0.491 e. The highest BCUT2D eigenvalue weighted by atomic mass is 35.5. The quantitative estimate of drug-likeness (QED) is 0.341. The molecule has 39 heavy (non-hydrogen) atoms. The average molecular weight is 560 g/mol. The highest BCUT2D eigenvalue weighted by Crippen LogP contribution is 2.34. The minimum atomic E-state index is -0.816. The van der Waals surface area contributed by atoms with Crippen molar-refractivity contribution < 1.29 is 18.8 Å². The molecule has 2 aromatic heterocycles. The van der Waals surface area contributed by atoms with E-state index in [9.17, 15) is 9.50 Å². The van der Waals surface area contributed by atoms with Crippen LogP contribution in [0.1, 0.15) is 42.5 Å². The number of piperidine rings is 1. The largest absolute Gasteiger partial charge is 0.491 e. The van der Waals surface area contributed by atoms with Gasteiger partial charge in [-0.05, 0) is 96.8 Å². The van der Waals surface area contributed by atoms with Crippen molar-refractivity contribution in [2.24, 2.45) is 5.92 Å². The van der Waals surface area contributed by atoms with Crippen molar-refractivity contribution in [1.29, 1.82) is 0 Å². The molecule has 8 nitrogen and oxygen atoms in total. The van der Waals surface area contributed by atoms with Crippen molar-refractivity contribution in [2.45, 2.75) is 59.2 Å². The predicted octanol–water partition coefficient (Wildman–Crippen LogP) is 4.95. The number of likely N-dealkylation sites (tertiary alicyclic amines) is 1. The van der Waals surface area contributed by atoms with E-state index in [1.54, 1.807) is 20.0 Å². The molecule has 1 aliphatic rings. The lowest BCUT2D eigenvalue weighted by Crippen LogP contribution is -2.37.